The van der Waals surface area contributed by atoms with E-state index >= 15 is 0 Å². The summed E-state index contributed by atoms with van der Waals surface area (Å²) in [5.74, 6) is -0.0589. The van der Waals surface area contributed by atoms with Gasteiger partial charge in [0.25, 0.3) is 0 Å². The van der Waals surface area contributed by atoms with E-state index in [2.05, 4.69) is 11.2 Å². The molecule has 1 aliphatic carbocycles. The van der Waals surface area contributed by atoms with E-state index in [1.807, 2.05) is 19.9 Å². The van der Waals surface area contributed by atoms with Crippen LogP contribution in [0.15, 0.2) is 28.5 Å². The zero-order valence-electron chi connectivity index (χ0n) is 10.7. The van der Waals surface area contributed by atoms with E-state index in [4.69, 9.17) is 9.57 Å². The lowest BCUT2D eigenvalue weighted by molar-refractivity contribution is -0.139. The molecular weight excluding hydrogens is 218 g/mol. The zero-order valence-corrected chi connectivity index (χ0v) is 10.7. The highest BCUT2D eigenvalue weighted by Crippen LogP contribution is 2.19. The normalized spacial score (nSPS) is 16.8. The second kappa shape index (κ2) is 6.89. The van der Waals surface area contributed by atoms with E-state index in [9.17, 15) is 4.79 Å². The topological polar surface area (TPSA) is 47.9 Å². The van der Waals surface area contributed by atoms with Crippen LogP contribution in [0.3, 0.4) is 0 Å². The largest absolute Gasteiger partial charge is 0.479 e. The van der Waals surface area contributed by atoms with Gasteiger partial charge >= 0.3 is 5.97 Å². The molecule has 4 heteroatoms. The maximum atomic E-state index is 11.8. The Morgan fingerprint density at radius 3 is 2.82 bits per heavy atom. The van der Waals surface area contributed by atoms with Crippen molar-refractivity contribution in [3.8, 4) is 0 Å². The van der Waals surface area contributed by atoms with Crippen molar-refractivity contribution in [1.29, 1.82) is 0 Å². The summed E-state index contributed by atoms with van der Waals surface area (Å²) in [5, 5.41) is 3.63. The molecule has 0 aromatic heterocycles. The number of allylic oxidation sites excluding steroid dienone is 2. The summed E-state index contributed by atoms with van der Waals surface area (Å²) in [5.41, 5.74) is 1.56. The van der Waals surface area contributed by atoms with Crippen LogP contribution in [0.5, 0.6) is 0 Å². The van der Waals surface area contributed by atoms with Crippen LogP contribution >= 0.6 is 0 Å². The van der Waals surface area contributed by atoms with Gasteiger partial charge < -0.3 is 9.57 Å². The quantitative estimate of drug-likeness (QED) is 0.328. The molecule has 0 N–H and O–H groups in total. The van der Waals surface area contributed by atoms with Crippen LogP contribution in [0.4, 0.5) is 0 Å². The van der Waals surface area contributed by atoms with Crippen molar-refractivity contribution in [3.05, 3.63) is 23.3 Å². The average molecular weight is 237 g/mol. The van der Waals surface area contributed by atoms with Crippen LogP contribution in [-0.4, -0.2) is 18.5 Å². The number of carbonyl (C=O) groups excluding carboxylic acids is 1. The summed E-state index contributed by atoms with van der Waals surface area (Å²) in [6, 6.07) is 0. The molecular formula is C13H19NO3. The van der Waals surface area contributed by atoms with Crippen molar-refractivity contribution >= 4 is 11.9 Å². The van der Waals surface area contributed by atoms with Crippen LogP contribution < -0.4 is 0 Å². The number of nitrogens with zero attached hydrogens (tertiary/aromatic N) is 1. The lowest BCUT2D eigenvalue weighted by atomic mass is 10.1. The molecule has 0 radical (unpaired) electrons. The fourth-order valence-corrected chi connectivity index (χ4v) is 1.59. The van der Waals surface area contributed by atoms with E-state index < -0.39 is 5.97 Å². The summed E-state index contributed by atoms with van der Waals surface area (Å²) in [4.78, 5) is 16.6. The highest BCUT2D eigenvalue weighted by Gasteiger charge is 2.14. The molecule has 0 aliphatic heterocycles. The van der Waals surface area contributed by atoms with Crippen molar-refractivity contribution in [2.24, 2.45) is 5.16 Å². The van der Waals surface area contributed by atoms with Gasteiger partial charge in [-0.3, -0.25) is 0 Å². The minimum absolute atomic E-state index is 0.358. The Labute approximate surface area is 102 Å². The Morgan fingerprint density at radius 1 is 1.41 bits per heavy atom. The standard InChI is InChI=1S/C13H19NO3/c1-4-16-11(3)14-17-13(15)12-9-7-5-6-8-10(12)2/h8-9H,4-7H2,1-3H3/b14-11-. The van der Waals surface area contributed by atoms with Crippen molar-refractivity contribution in [2.45, 2.75) is 40.0 Å². The molecule has 0 aromatic carbocycles. The van der Waals surface area contributed by atoms with Crippen LogP contribution in [0.2, 0.25) is 0 Å². The third-order valence-electron chi connectivity index (χ3n) is 2.46. The van der Waals surface area contributed by atoms with Gasteiger partial charge in [0.1, 0.15) is 0 Å². The summed E-state index contributed by atoms with van der Waals surface area (Å²) >= 11 is 0. The number of hydrogen-bond acceptors (Lipinski definition) is 4. The highest BCUT2D eigenvalue weighted by atomic mass is 16.7. The molecule has 1 aliphatic rings. The van der Waals surface area contributed by atoms with E-state index in [1.54, 1.807) is 6.92 Å². The van der Waals surface area contributed by atoms with Gasteiger partial charge in [0.15, 0.2) is 0 Å². The Kier molecular flexibility index (Phi) is 5.46. The van der Waals surface area contributed by atoms with Gasteiger partial charge in [0, 0.05) is 6.92 Å². The highest BCUT2D eigenvalue weighted by molar-refractivity contribution is 5.93. The molecule has 0 atom stereocenters. The van der Waals surface area contributed by atoms with Crippen LogP contribution in [0.1, 0.15) is 40.0 Å². The maximum absolute atomic E-state index is 11.8. The molecule has 0 saturated carbocycles. The number of oxime groups is 1. The summed E-state index contributed by atoms with van der Waals surface area (Å²) in [6.45, 7) is 5.93. The first-order chi connectivity index (χ1) is 8.15. The number of hydrogen-bond donors (Lipinski definition) is 0. The minimum Gasteiger partial charge on any atom is -0.479 e. The Morgan fingerprint density at radius 2 is 2.12 bits per heavy atom. The van der Waals surface area contributed by atoms with Crippen LogP contribution in [0.25, 0.3) is 0 Å². The van der Waals surface area contributed by atoms with Gasteiger partial charge in [-0.2, -0.15) is 0 Å². The summed E-state index contributed by atoms with van der Waals surface area (Å²) in [7, 11) is 0. The number of ether oxygens (including phenoxy) is 1. The molecule has 4 nitrogen and oxygen atoms in total. The average Bonchev–Trinajstić information content (AvgIpc) is 2.51. The summed E-state index contributed by atoms with van der Waals surface area (Å²) in [6.07, 6.45) is 6.92. The van der Waals surface area contributed by atoms with Gasteiger partial charge in [-0.05, 0) is 43.8 Å². The summed E-state index contributed by atoms with van der Waals surface area (Å²) < 4.78 is 5.07. The predicted molar refractivity (Wildman–Crippen MR) is 66.5 cm³/mol. The third-order valence-corrected chi connectivity index (χ3v) is 2.46. The first kappa shape index (κ1) is 13.5. The first-order valence-electron chi connectivity index (χ1n) is 5.91. The number of carbonyl (C=O) groups is 1. The minimum atomic E-state index is -0.417. The third kappa shape index (κ3) is 4.43. The zero-order chi connectivity index (χ0) is 12.7. The Bertz CT molecular complexity index is 367. The van der Waals surface area contributed by atoms with Gasteiger partial charge in [0.2, 0.25) is 5.90 Å². The van der Waals surface area contributed by atoms with E-state index in [1.165, 1.54) is 0 Å². The second-order valence-corrected chi connectivity index (χ2v) is 3.86. The fourth-order valence-electron chi connectivity index (χ4n) is 1.59. The molecule has 0 fully saturated rings. The van der Waals surface area contributed by atoms with Crippen molar-refractivity contribution in [2.75, 3.05) is 6.61 Å². The van der Waals surface area contributed by atoms with Gasteiger partial charge in [-0.1, -0.05) is 12.2 Å². The molecule has 0 unspecified atom stereocenters. The van der Waals surface area contributed by atoms with Crippen molar-refractivity contribution in [3.63, 3.8) is 0 Å². The SMILES string of the molecule is CCO/C(C)=N\OC(=O)C1=CCCCC=C1C. The second-order valence-electron chi connectivity index (χ2n) is 3.86. The fraction of sp³-hybridized carbons (Fsp3) is 0.538. The van der Waals surface area contributed by atoms with Gasteiger partial charge in [0.05, 0.1) is 12.2 Å². The maximum Gasteiger partial charge on any atom is 0.365 e. The van der Waals surface area contributed by atoms with Crippen LogP contribution in [0, 0.1) is 0 Å². The Balaban J connectivity index is 2.63. The van der Waals surface area contributed by atoms with Gasteiger partial charge in [-0.25, -0.2) is 4.79 Å². The van der Waals surface area contributed by atoms with Crippen molar-refractivity contribution < 1.29 is 14.4 Å². The van der Waals surface area contributed by atoms with Crippen LogP contribution in [-0.2, 0) is 14.4 Å². The molecule has 94 valence electrons. The van der Waals surface area contributed by atoms with E-state index in [-0.39, 0.29) is 0 Å². The molecule has 0 spiro atoms. The lowest BCUT2D eigenvalue weighted by Gasteiger charge is -2.04. The molecule has 0 heterocycles. The first-order valence-corrected chi connectivity index (χ1v) is 5.91. The smallest absolute Gasteiger partial charge is 0.365 e. The molecule has 1 rings (SSSR count). The predicted octanol–water partition coefficient (Wildman–Crippen LogP) is 2.96. The monoisotopic (exact) mass is 237 g/mol. The number of rotatable bonds is 3. The molecule has 0 bridgehead atoms. The molecule has 0 saturated heterocycles. The Hall–Kier alpha value is -1.58. The van der Waals surface area contributed by atoms with E-state index in [0.717, 1.165) is 24.8 Å². The van der Waals surface area contributed by atoms with Gasteiger partial charge in [-0.15, -0.1) is 0 Å². The molecule has 0 amide bonds. The van der Waals surface area contributed by atoms with E-state index in [0.29, 0.717) is 18.1 Å². The van der Waals surface area contributed by atoms with Crippen molar-refractivity contribution in [1.82, 2.24) is 0 Å². The molecule has 0 aromatic rings. The lowest BCUT2D eigenvalue weighted by Crippen LogP contribution is -2.08. The molecule has 17 heavy (non-hydrogen) atoms.